The lowest BCUT2D eigenvalue weighted by Crippen LogP contribution is -1.94. The van der Waals surface area contributed by atoms with Gasteiger partial charge < -0.3 is 15.3 Å². The highest BCUT2D eigenvalue weighted by Crippen LogP contribution is 1.88. The second-order valence-electron chi connectivity index (χ2n) is 1.45. The Hall–Kier alpha value is -1.03. The number of carbonyl (C=O) groups is 1. The van der Waals surface area contributed by atoms with Gasteiger partial charge in [0.2, 0.25) is 0 Å². The molecule has 0 bridgehead atoms. The average Bonchev–Trinajstić information content (AvgIpc) is 1.83. The molecule has 0 unspecified atom stereocenters. The number of hydrogen-bond donors (Lipinski definition) is 3. The second-order valence-corrected chi connectivity index (χ2v) is 1.45. The van der Waals surface area contributed by atoms with Crippen LogP contribution in [0.15, 0.2) is 11.8 Å². The minimum Gasteiger partial charge on any atom is -0.510 e. The van der Waals surface area contributed by atoms with Crippen LogP contribution in [0.1, 0.15) is 6.42 Å². The number of hydrogen-bond acceptors (Lipinski definition) is 3. The quantitative estimate of drug-likeness (QED) is 0.468. The first-order valence-corrected chi connectivity index (χ1v) is 2.37. The van der Waals surface area contributed by atoms with Gasteiger partial charge >= 0.3 is 5.97 Å². The van der Waals surface area contributed by atoms with E-state index in [1.54, 1.807) is 0 Å². The summed E-state index contributed by atoms with van der Waals surface area (Å²) in [5, 5.41) is 24.6. The highest BCUT2D eigenvalue weighted by Gasteiger charge is 1.93. The summed E-state index contributed by atoms with van der Waals surface area (Å²) in [6.45, 7) is -0.507. The summed E-state index contributed by atoms with van der Waals surface area (Å²) in [5.74, 6) is -1.34. The lowest BCUT2D eigenvalue weighted by molar-refractivity contribution is -0.136. The van der Waals surface area contributed by atoms with Gasteiger partial charge in [0.25, 0.3) is 0 Å². The van der Waals surface area contributed by atoms with Crippen LogP contribution in [0.25, 0.3) is 0 Å². The van der Waals surface area contributed by atoms with Crippen molar-refractivity contribution in [3.63, 3.8) is 0 Å². The van der Waals surface area contributed by atoms with Crippen LogP contribution in [0.5, 0.6) is 0 Å². The van der Waals surface area contributed by atoms with Gasteiger partial charge in [-0.2, -0.15) is 0 Å². The number of aliphatic carboxylic acids is 1. The molecule has 4 nitrogen and oxygen atoms in total. The first-order valence-electron chi connectivity index (χ1n) is 2.37. The molecular formula is C5H8O4. The van der Waals surface area contributed by atoms with Gasteiger partial charge in [0.05, 0.1) is 13.0 Å². The fourth-order valence-electron chi connectivity index (χ4n) is 0.270. The molecular weight excluding hydrogens is 124 g/mol. The maximum Gasteiger partial charge on any atom is 0.307 e. The Labute approximate surface area is 52.1 Å². The van der Waals surface area contributed by atoms with Crippen LogP contribution in [0.4, 0.5) is 0 Å². The normalized spacial score (nSPS) is 11.4. The molecule has 0 spiro atoms. The van der Waals surface area contributed by atoms with Gasteiger partial charge in [0.15, 0.2) is 0 Å². The predicted molar refractivity (Wildman–Crippen MR) is 30.1 cm³/mol. The van der Waals surface area contributed by atoms with Gasteiger partial charge in [-0.25, -0.2) is 0 Å². The van der Waals surface area contributed by atoms with Crippen molar-refractivity contribution in [1.29, 1.82) is 0 Å². The zero-order valence-corrected chi connectivity index (χ0v) is 4.74. The molecule has 9 heavy (non-hydrogen) atoms. The Morgan fingerprint density at radius 1 is 1.44 bits per heavy atom. The summed E-state index contributed by atoms with van der Waals surface area (Å²) >= 11 is 0. The van der Waals surface area contributed by atoms with Crippen molar-refractivity contribution < 1.29 is 20.1 Å². The Morgan fingerprint density at radius 3 is 2.33 bits per heavy atom. The van der Waals surface area contributed by atoms with Crippen LogP contribution < -0.4 is 0 Å². The smallest absolute Gasteiger partial charge is 0.307 e. The third kappa shape index (κ3) is 4.83. The summed E-state index contributed by atoms with van der Waals surface area (Å²) < 4.78 is 0. The molecule has 0 rings (SSSR count). The summed E-state index contributed by atoms with van der Waals surface area (Å²) in [6, 6.07) is 0. The van der Waals surface area contributed by atoms with Crippen LogP contribution in [0, 0.1) is 0 Å². The molecule has 0 heterocycles. The van der Waals surface area contributed by atoms with Gasteiger partial charge in [-0.15, -0.1) is 0 Å². The summed E-state index contributed by atoms with van der Waals surface area (Å²) in [7, 11) is 0. The lowest BCUT2D eigenvalue weighted by Gasteiger charge is -1.89. The van der Waals surface area contributed by atoms with Crippen molar-refractivity contribution in [2.75, 3.05) is 6.61 Å². The van der Waals surface area contributed by atoms with Crippen LogP contribution in [0.2, 0.25) is 0 Å². The van der Waals surface area contributed by atoms with E-state index < -0.39 is 12.6 Å². The van der Waals surface area contributed by atoms with Crippen LogP contribution >= 0.6 is 0 Å². The van der Waals surface area contributed by atoms with E-state index in [9.17, 15) is 4.79 Å². The topological polar surface area (TPSA) is 77.8 Å². The molecule has 0 saturated carbocycles. The van der Waals surface area contributed by atoms with Crippen LogP contribution in [0.3, 0.4) is 0 Å². The lowest BCUT2D eigenvalue weighted by atomic mass is 10.3. The van der Waals surface area contributed by atoms with Crippen molar-refractivity contribution in [3.05, 3.63) is 11.8 Å². The molecule has 52 valence electrons. The third-order valence-electron chi connectivity index (χ3n) is 0.674. The molecule has 0 aliphatic carbocycles. The largest absolute Gasteiger partial charge is 0.510 e. The molecule has 0 aliphatic heterocycles. The minimum absolute atomic E-state index is 0.258. The molecule has 0 fully saturated rings. The molecule has 3 N–H and O–H groups in total. The Kier molecular flexibility index (Phi) is 3.46. The SMILES string of the molecule is O=C(O)C/C=C(\O)CO. The molecule has 0 aromatic heterocycles. The monoisotopic (exact) mass is 132 g/mol. The fourth-order valence-corrected chi connectivity index (χ4v) is 0.270. The highest BCUT2D eigenvalue weighted by molar-refractivity contribution is 5.68. The summed E-state index contributed by atoms with van der Waals surface area (Å²) in [5.41, 5.74) is 0. The second kappa shape index (κ2) is 3.91. The predicted octanol–water partition coefficient (Wildman–Crippen LogP) is -0.105. The highest BCUT2D eigenvalue weighted by atomic mass is 16.4. The molecule has 0 saturated heterocycles. The molecule has 0 aliphatic rings. The van der Waals surface area contributed by atoms with E-state index in [1.807, 2.05) is 0 Å². The van der Waals surface area contributed by atoms with Crippen molar-refractivity contribution in [3.8, 4) is 0 Å². The first kappa shape index (κ1) is 7.97. The van der Waals surface area contributed by atoms with Gasteiger partial charge in [-0.3, -0.25) is 4.79 Å². The standard InChI is InChI=1S/C5H8O4/c6-3-4(7)1-2-5(8)9/h1,6-7H,2-3H2,(H,8,9)/b4-1-. The molecule has 0 radical (unpaired) electrons. The Balaban J connectivity index is 3.56. The molecule has 0 aromatic rings. The van der Waals surface area contributed by atoms with E-state index in [2.05, 4.69) is 0 Å². The van der Waals surface area contributed by atoms with E-state index in [0.717, 1.165) is 6.08 Å². The Bertz CT molecular complexity index is 127. The number of aliphatic hydroxyl groups excluding tert-OH is 2. The van der Waals surface area contributed by atoms with Gasteiger partial charge in [0, 0.05) is 0 Å². The third-order valence-corrected chi connectivity index (χ3v) is 0.674. The summed E-state index contributed by atoms with van der Waals surface area (Å²) in [6.07, 6.45) is 0.786. The van der Waals surface area contributed by atoms with E-state index in [-0.39, 0.29) is 12.2 Å². The van der Waals surface area contributed by atoms with Crippen molar-refractivity contribution in [1.82, 2.24) is 0 Å². The number of carboxylic acids is 1. The van der Waals surface area contributed by atoms with E-state index in [1.165, 1.54) is 0 Å². The van der Waals surface area contributed by atoms with Gasteiger partial charge in [0.1, 0.15) is 5.76 Å². The number of rotatable bonds is 3. The number of aliphatic hydroxyl groups is 2. The minimum atomic E-state index is -1.03. The average molecular weight is 132 g/mol. The summed E-state index contributed by atoms with van der Waals surface area (Å²) in [4.78, 5) is 9.78. The van der Waals surface area contributed by atoms with Crippen molar-refractivity contribution in [2.45, 2.75) is 6.42 Å². The van der Waals surface area contributed by atoms with E-state index in [0.29, 0.717) is 0 Å². The zero-order valence-electron chi connectivity index (χ0n) is 4.74. The molecule has 0 aromatic carbocycles. The van der Waals surface area contributed by atoms with E-state index in [4.69, 9.17) is 15.3 Å². The van der Waals surface area contributed by atoms with Gasteiger partial charge in [-0.05, 0) is 6.08 Å². The van der Waals surface area contributed by atoms with Crippen molar-refractivity contribution in [2.24, 2.45) is 0 Å². The van der Waals surface area contributed by atoms with E-state index >= 15 is 0 Å². The zero-order chi connectivity index (χ0) is 7.28. The fraction of sp³-hybridized carbons (Fsp3) is 0.400. The molecule has 4 heteroatoms. The maximum atomic E-state index is 9.78. The number of carboxylic acid groups (broad SMARTS) is 1. The van der Waals surface area contributed by atoms with Crippen LogP contribution in [-0.4, -0.2) is 27.9 Å². The maximum absolute atomic E-state index is 9.78. The van der Waals surface area contributed by atoms with Crippen molar-refractivity contribution >= 4 is 5.97 Å². The first-order chi connectivity index (χ1) is 4.16. The van der Waals surface area contributed by atoms with Gasteiger partial charge in [-0.1, -0.05) is 0 Å². The molecule has 0 amide bonds. The Morgan fingerprint density at radius 2 is 2.00 bits per heavy atom. The van der Waals surface area contributed by atoms with Crippen LogP contribution in [-0.2, 0) is 4.79 Å². The molecule has 0 atom stereocenters.